The molecular weight excluding hydrogens is 176 g/mol. The third kappa shape index (κ3) is 2.29. The van der Waals surface area contributed by atoms with Gasteiger partial charge in [-0.15, -0.1) is 0 Å². The van der Waals surface area contributed by atoms with E-state index in [1.807, 2.05) is 6.92 Å². The Kier molecular flexibility index (Phi) is 4.17. The summed E-state index contributed by atoms with van der Waals surface area (Å²) in [6, 6.07) is 0. The van der Waals surface area contributed by atoms with Crippen LogP contribution in [0, 0.1) is 22.7 Å². The van der Waals surface area contributed by atoms with Crippen LogP contribution in [0.3, 0.4) is 0 Å². The minimum atomic E-state index is -1.26. The Bertz CT molecular complexity index is 179. The molecule has 2 heteroatoms. The minimum absolute atomic E-state index is 0.120. The van der Waals surface area contributed by atoms with Gasteiger partial charge in [0.15, 0.2) is 6.29 Å². The maximum absolute atomic E-state index is 9.58. The van der Waals surface area contributed by atoms with Crippen molar-refractivity contribution in [2.75, 3.05) is 0 Å². The average molecular weight is 202 g/mol. The van der Waals surface area contributed by atoms with Crippen molar-refractivity contribution in [2.24, 2.45) is 22.7 Å². The first-order valence-corrected chi connectivity index (χ1v) is 5.41. The van der Waals surface area contributed by atoms with Crippen molar-refractivity contribution < 1.29 is 10.2 Å². The maximum atomic E-state index is 9.58. The second-order valence-corrected chi connectivity index (χ2v) is 5.94. The van der Waals surface area contributed by atoms with E-state index >= 15 is 0 Å². The molecule has 2 nitrogen and oxygen atoms in total. The van der Waals surface area contributed by atoms with Gasteiger partial charge in [0, 0.05) is 5.41 Å². The highest BCUT2D eigenvalue weighted by molar-refractivity contribution is 4.93. The molecule has 0 spiro atoms. The van der Waals surface area contributed by atoms with E-state index in [9.17, 15) is 10.2 Å². The van der Waals surface area contributed by atoms with Gasteiger partial charge in [-0.1, -0.05) is 48.5 Å². The zero-order valence-corrected chi connectivity index (χ0v) is 10.6. The van der Waals surface area contributed by atoms with E-state index in [0.717, 1.165) is 0 Å². The van der Waals surface area contributed by atoms with Gasteiger partial charge >= 0.3 is 0 Å². The van der Waals surface area contributed by atoms with Crippen LogP contribution in [-0.4, -0.2) is 16.5 Å². The van der Waals surface area contributed by atoms with E-state index in [0.29, 0.717) is 5.92 Å². The number of hydrogen-bond donors (Lipinski definition) is 2. The van der Waals surface area contributed by atoms with Gasteiger partial charge in [-0.05, 0) is 17.3 Å². The number of rotatable bonds is 3. The Labute approximate surface area is 88.3 Å². The van der Waals surface area contributed by atoms with Crippen molar-refractivity contribution in [2.45, 2.75) is 54.8 Å². The lowest BCUT2D eigenvalue weighted by Gasteiger charge is -2.49. The summed E-state index contributed by atoms with van der Waals surface area (Å²) >= 11 is 0. The minimum Gasteiger partial charge on any atom is -0.368 e. The standard InChI is InChI=1S/C12H26O2/c1-8(2)9(3)12(7,10(13)14)11(4,5)6/h8-10,13-14H,1-7H3. The van der Waals surface area contributed by atoms with Crippen LogP contribution >= 0.6 is 0 Å². The molecule has 2 atom stereocenters. The van der Waals surface area contributed by atoms with E-state index in [1.165, 1.54) is 0 Å². The highest BCUT2D eigenvalue weighted by Gasteiger charge is 2.47. The smallest absolute Gasteiger partial charge is 0.157 e. The molecule has 0 aromatic carbocycles. The zero-order chi connectivity index (χ0) is 11.7. The van der Waals surface area contributed by atoms with E-state index < -0.39 is 11.7 Å². The highest BCUT2D eigenvalue weighted by Crippen LogP contribution is 2.48. The van der Waals surface area contributed by atoms with Gasteiger partial charge in [0.1, 0.15) is 0 Å². The van der Waals surface area contributed by atoms with Crippen LogP contribution in [0.5, 0.6) is 0 Å². The van der Waals surface area contributed by atoms with Gasteiger partial charge in [-0.25, -0.2) is 0 Å². The fourth-order valence-corrected chi connectivity index (χ4v) is 2.00. The first-order valence-electron chi connectivity index (χ1n) is 5.41. The predicted octanol–water partition coefficient (Wildman–Crippen LogP) is 2.64. The summed E-state index contributed by atoms with van der Waals surface area (Å²) in [6.45, 7) is 14.5. The zero-order valence-electron chi connectivity index (χ0n) is 10.6. The molecule has 86 valence electrons. The fourth-order valence-electron chi connectivity index (χ4n) is 2.00. The summed E-state index contributed by atoms with van der Waals surface area (Å²) in [5.41, 5.74) is -0.591. The topological polar surface area (TPSA) is 40.5 Å². The average Bonchev–Trinajstić information content (AvgIpc) is 1.98. The van der Waals surface area contributed by atoms with Gasteiger partial charge in [0.25, 0.3) is 0 Å². The van der Waals surface area contributed by atoms with Crippen molar-refractivity contribution in [1.29, 1.82) is 0 Å². The molecule has 0 bridgehead atoms. The number of hydrogen-bond acceptors (Lipinski definition) is 2. The summed E-state index contributed by atoms with van der Waals surface area (Å²) in [5, 5.41) is 19.2. The molecule has 2 unspecified atom stereocenters. The quantitative estimate of drug-likeness (QED) is 0.691. The van der Waals surface area contributed by atoms with Gasteiger partial charge in [-0.3, -0.25) is 0 Å². The SMILES string of the molecule is CC(C)C(C)C(C)(C(O)O)C(C)(C)C. The molecular formula is C12H26O2. The van der Waals surface area contributed by atoms with Crippen molar-refractivity contribution in [1.82, 2.24) is 0 Å². The first kappa shape index (κ1) is 13.9. The van der Waals surface area contributed by atoms with Crippen LogP contribution in [0.4, 0.5) is 0 Å². The van der Waals surface area contributed by atoms with Crippen molar-refractivity contribution in [3.8, 4) is 0 Å². The van der Waals surface area contributed by atoms with Gasteiger partial charge in [-0.2, -0.15) is 0 Å². The van der Waals surface area contributed by atoms with Crippen LogP contribution in [0.15, 0.2) is 0 Å². The molecule has 0 rings (SSSR count). The summed E-state index contributed by atoms with van der Waals surface area (Å²) in [5.74, 6) is 0.712. The summed E-state index contributed by atoms with van der Waals surface area (Å²) in [4.78, 5) is 0. The van der Waals surface area contributed by atoms with Crippen LogP contribution in [-0.2, 0) is 0 Å². The van der Waals surface area contributed by atoms with Crippen LogP contribution in [0.2, 0.25) is 0 Å². The Morgan fingerprint density at radius 3 is 1.29 bits per heavy atom. The van der Waals surface area contributed by atoms with Gasteiger partial charge in [0.2, 0.25) is 0 Å². The largest absolute Gasteiger partial charge is 0.368 e. The highest BCUT2D eigenvalue weighted by atomic mass is 16.5. The number of aliphatic hydroxyl groups excluding tert-OH is 1. The molecule has 0 aliphatic rings. The molecule has 0 heterocycles. The van der Waals surface area contributed by atoms with Crippen LogP contribution in [0.25, 0.3) is 0 Å². The summed E-state index contributed by atoms with van der Waals surface area (Å²) < 4.78 is 0. The van der Waals surface area contributed by atoms with E-state index in [1.54, 1.807) is 0 Å². The fraction of sp³-hybridized carbons (Fsp3) is 1.00. The van der Waals surface area contributed by atoms with Crippen LogP contribution in [0.1, 0.15) is 48.5 Å². The lowest BCUT2D eigenvalue weighted by Crippen LogP contribution is -2.49. The van der Waals surface area contributed by atoms with Crippen molar-refractivity contribution in [3.05, 3.63) is 0 Å². The molecule has 0 aromatic rings. The molecule has 0 amide bonds. The summed E-state index contributed by atoms with van der Waals surface area (Å²) in [7, 11) is 0. The third-order valence-corrected chi connectivity index (χ3v) is 4.10. The predicted molar refractivity (Wildman–Crippen MR) is 59.8 cm³/mol. The summed E-state index contributed by atoms with van der Waals surface area (Å²) in [6.07, 6.45) is -1.26. The molecule has 0 saturated carbocycles. The lowest BCUT2D eigenvalue weighted by molar-refractivity contribution is -0.197. The van der Waals surface area contributed by atoms with E-state index in [-0.39, 0.29) is 11.3 Å². The third-order valence-electron chi connectivity index (χ3n) is 4.10. The van der Waals surface area contributed by atoms with Gasteiger partial charge < -0.3 is 10.2 Å². The molecule has 0 radical (unpaired) electrons. The van der Waals surface area contributed by atoms with Crippen molar-refractivity contribution >= 4 is 0 Å². The Morgan fingerprint density at radius 1 is 0.857 bits per heavy atom. The molecule has 0 aliphatic carbocycles. The molecule has 0 saturated heterocycles. The van der Waals surface area contributed by atoms with Crippen LogP contribution < -0.4 is 0 Å². The Balaban J connectivity index is 5.11. The second-order valence-electron chi connectivity index (χ2n) is 5.94. The molecule has 0 aromatic heterocycles. The second kappa shape index (κ2) is 4.19. The maximum Gasteiger partial charge on any atom is 0.157 e. The first-order chi connectivity index (χ1) is 6.05. The molecule has 2 N–H and O–H groups in total. The van der Waals surface area contributed by atoms with E-state index in [4.69, 9.17) is 0 Å². The molecule has 0 aliphatic heterocycles. The Morgan fingerprint density at radius 2 is 1.21 bits per heavy atom. The van der Waals surface area contributed by atoms with Gasteiger partial charge in [0.05, 0.1) is 0 Å². The monoisotopic (exact) mass is 202 g/mol. The normalized spacial score (nSPS) is 19.9. The van der Waals surface area contributed by atoms with E-state index in [2.05, 4.69) is 41.5 Å². The molecule has 0 fully saturated rings. The Hall–Kier alpha value is -0.0800. The number of aliphatic hydroxyl groups is 2. The molecule has 14 heavy (non-hydrogen) atoms. The lowest BCUT2D eigenvalue weighted by atomic mass is 9.58. The van der Waals surface area contributed by atoms with Crippen molar-refractivity contribution in [3.63, 3.8) is 0 Å².